The van der Waals surface area contributed by atoms with E-state index >= 15 is 0 Å². The first-order valence-electron chi connectivity index (χ1n) is 5.34. The molecule has 1 atom stereocenters. The molecule has 6 heteroatoms. The Morgan fingerprint density at radius 1 is 1.50 bits per heavy atom. The highest BCUT2D eigenvalue weighted by molar-refractivity contribution is 14.1. The van der Waals surface area contributed by atoms with Crippen LogP contribution in [0, 0.1) is 3.57 Å². The van der Waals surface area contributed by atoms with Gasteiger partial charge >= 0.3 is 0 Å². The van der Waals surface area contributed by atoms with Crippen LogP contribution in [0.5, 0.6) is 0 Å². The fraction of sp³-hybridized carbons (Fsp3) is 0.250. The molecule has 18 heavy (non-hydrogen) atoms. The number of nitrogens with one attached hydrogen (secondary N) is 1. The molecule has 0 aliphatic carbocycles. The Morgan fingerprint density at radius 3 is 2.78 bits per heavy atom. The summed E-state index contributed by atoms with van der Waals surface area (Å²) in [5, 5.41) is 8.17. The van der Waals surface area contributed by atoms with Gasteiger partial charge in [0, 0.05) is 15.1 Å². The van der Waals surface area contributed by atoms with Gasteiger partial charge in [-0.25, -0.2) is 0 Å². The summed E-state index contributed by atoms with van der Waals surface area (Å²) in [5.74, 6) is 0. The third-order valence-corrected chi connectivity index (χ3v) is 4.54. The molecule has 3 nitrogen and oxygen atoms in total. The molecule has 0 radical (unpaired) electrons. The molecule has 0 aliphatic heterocycles. The van der Waals surface area contributed by atoms with E-state index in [0.717, 1.165) is 10.2 Å². The van der Waals surface area contributed by atoms with Crippen LogP contribution in [-0.4, -0.2) is 16.8 Å². The Bertz CT molecular complexity index is 551. The normalized spacial score (nSPS) is 12.7. The van der Waals surface area contributed by atoms with E-state index in [1.54, 1.807) is 10.9 Å². The largest absolute Gasteiger partial charge is 0.308 e. The monoisotopic (exact) mass is 439 g/mol. The fourth-order valence-electron chi connectivity index (χ4n) is 1.92. The minimum absolute atomic E-state index is 0.0226. The Labute approximate surface area is 133 Å². The van der Waals surface area contributed by atoms with Crippen molar-refractivity contribution in [2.75, 3.05) is 7.05 Å². The zero-order chi connectivity index (χ0) is 13.3. The minimum atomic E-state index is 0.0226. The SMILES string of the molecule is CNC(c1cc(Br)ccc1I)c1c(Cl)cnn1C. The molecule has 1 aromatic heterocycles. The Morgan fingerprint density at radius 2 is 2.22 bits per heavy atom. The molecule has 0 spiro atoms. The second-order valence-electron chi connectivity index (χ2n) is 3.89. The number of halogens is 3. The lowest BCUT2D eigenvalue weighted by atomic mass is 10.0. The maximum Gasteiger partial charge on any atom is 0.0837 e. The number of benzene rings is 1. The predicted molar refractivity (Wildman–Crippen MR) is 86.0 cm³/mol. The van der Waals surface area contributed by atoms with Gasteiger partial charge in [-0.15, -0.1) is 0 Å². The van der Waals surface area contributed by atoms with Crippen molar-refractivity contribution in [2.24, 2.45) is 7.05 Å². The third kappa shape index (κ3) is 2.74. The molecule has 96 valence electrons. The Hall–Kier alpha value is -0.110. The number of hydrogen-bond donors (Lipinski definition) is 1. The number of hydrogen-bond acceptors (Lipinski definition) is 2. The van der Waals surface area contributed by atoms with Gasteiger partial charge in [-0.05, 0) is 53.4 Å². The Kier molecular flexibility index (Phi) is 4.69. The van der Waals surface area contributed by atoms with Gasteiger partial charge < -0.3 is 5.32 Å². The minimum Gasteiger partial charge on any atom is -0.308 e. The van der Waals surface area contributed by atoms with E-state index in [1.165, 1.54) is 9.13 Å². The molecule has 1 N–H and O–H groups in total. The topological polar surface area (TPSA) is 29.9 Å². The molecule has 1 unspecified atom stereocenters. The summed E-state index contributed by atoms with van der Waals surface area (Å²) in [6.45, 7) is 0. The molecule has 2 aromatic rings. The maximum absolute atomic E-state index is 6.22. The standard InChI is InChI=1S/C12H12BrClIN3/c1-16-11(12-9(14)6-17-18(12)2)8-5-7(13)3-4-10(8)15/h3-6,11,16H,1-2H3. The van der Waals surface area contributed by atoms with E-state index in [1.807, 2.05) is 20.2 Å². The molecule has 1 heterocycles. The van der Waals surface area contributed by atoms with Crippen LogP contribution in [0.4, 0.5) is 0 Å². The fourth-order valence-corrected chi connectivity index (χ4v) is 3.22. The smallest absolute Gasteiger partial charge is 0.0837 e. The van der Waals surface area contributed by atoms with Crippen molar-refractivity contribution in [3.05, 3.63) is 48.7 Å². The van der Waals surface area contributed by atoms with Crippen molar-refractivity contribution in [2.45, 2.75) is 6.04 Å². The average Bonchev–Trinajstić information content (AvgIpc) is 2.66. The van der Waals surface area contributed by atoms with Crippen LogP contribution in [0.15, 0.2) is 28.9 Å². The van der Waals surface area contributed by atoms with Gasteiger partial charge in [0.25, 0.3) is 0 Å². The number of rotatable bonds is 3. The second kappa shape index (κ2) is 5.90. The van der Waals surface area contributed by atoms with Crippen molar-refractivity contribution in [3.63, 3.8) is 0 Å². The zero-order valence-electron chi connectivity index (χ0n) is 9.92. The summed E-state index contributed by atoms with van der Waals surface area (Å²) in [7, 11) is 3.82. The Balaban J connectivity index is 2.55. The van der Waals surface area contributed by atoms with Crippen LogP contribution in [0.25, 0.3) is 0 Å². The molecular weight excluding hydrogens is 428 g/mol. The van der Waals surface area contributed by atoms with E-state index in [9.17, 15) is 0 Å². The number of aromatic nitrogens is 2. The van der Waals surface area contributed by atoms with Gasteiger partial charge in [0.05, 0.1) is 23.0 Å². The maximum atomic E-state index is 6.22. The van der Waals surface area contributed by atoms with Crippen LogP contribution in [0.3, 0.4) is 0 Å². The lowest BCUT2D eigenvalue weighted by molar-refractivity contribution is 0.604. The van der Waals surface area contributed by atoms with E-state index in [4.69, 9.17) is 11.6 Å². The summed E-state index contributed by atoms with van der Waals surface area (Å²) >= 11 is 12.1. The van der Waals surface area contributed by atoms with Gasteiger partial charge in [0.15, 0.2) is 0 Å². The molecule has 2 rings (SSSR count). The molecule has 0 aliphatic rings. The first-order valence-corrected chi connectivity index (χ1v) is 7.59. The summed E-state index contributed by atoms with van der Waals surface area (Å²) < 4.78 is 4.05. The molecule has 1 aromatic carbocycles. The highest BCUT2D eigenvalue weighted by atomic mass is 127. The molecular formula is C12H12BrClIN3. The van der Waals surface area contributed by atoms with E-state index in [0.29, 0.717) is 5.02 Å². The van der Waals surface area contributed by atoms with Gasteiger partial charge in [-0.3, -0.25) is 4.68 Å². The summed E-state index contributed by atoms with van der Waals surface area (Å²) in [6.07, 6.45) is 1.67. The average molecular weight is 441 g/mol. The van der Waals surface area contributed by atoms with Crippen LogP contribution in [0.1, 0.15) is 17.3 Å². The van der Waals surface area contributed by atoms with E-state index in [2.05, 4.69) is 61.1 Å². The number of aryl methyl sites for hydroxylation is 1. The summed E-state index contributed by atoms with van der Waals surface area (Å²) in [6, 6.07) is 6.23. The lowest BCUT2D eigenvalue weighted by Gasteiger charge is -2.19. The molecule has 0 saturated heterocycles. The van der Waals surface area contributed by atoms with Gasteiger partial charge in [0.2, 0.25) is 0 Å². The highest BCUT2D eigenvalue weighted by Gasteiger charge is 2.21. The first kappa shape index (κ1) is 14.3. The third-order valence-electron chi connectivity index (χ3n) is 2.77. The van der Waals surface area contributed by atoms with Crippen LogP contribution < -0.4 is 5.32 Å². The number of nitrogens with zero attached hydrogens (tertiary/aromatic N) is 2. The van der Waals surface area contributed by atoms with Gasteiger partial charge in [-0.2, -0.15) is 5.10 Å². The molecule has 0 bridgehead atoms. The summed E-state index contributed by atoms with van der Waals surface area (Å²) in [5.41, 5.74) is 2.15. The van der Waals surface area contributed by atoms with Crippen LogP contribution in [0.2, 0.25) is 5.02 Å². The van der Waals surface area contributed by atoms with Gasteiger partial charge in [-0.1, -0.05) is 27.5 Å². The van der Waals surface area contributed by atoms with Gasteiger partial charge in [0.1, 0.15) is 0 Å². The molecule has 0 saturated carbocycles. The quantitative estimate of drug-likeness (QED) is 0.737. The second-order valence-corrected chi connectivity index (χ2v) is 6.37. The van der Waals surface area contributed by atoms with Crippen molar-refractivity contribution in [1.29, 1.82) is 0 Å². The summed E-state index contributed by atoms with van der Waals surface area (Å²) in [4.78, 5) is 0. The molecule has 0 amide bonds. The molecule has 0 fully saturated rings. The predicted octanol–water partition coefficient (Wildman–Crippen LogP) is 3.75. The first-order chi connectivity index (χ1) is 8.54. The van der Waals surface area contributed by atoms with Crippen LogP contribution >= 0.6 is 50.1 Å². The van der Waals surface area contributed by atoms with Crippen molar-refractivity contribution in [1.82, 2.24) is 15.1 Å². The van der Waals surface area contributed by atoms with Crippen molar-refractivity contribution < 1.29 is 0 Å². The highest BCUT2D eigenvalue weighted by Crippen LogP contribution is 2.31. The van der Waals surface area contributed by atoms with Crippen LogP contribution in [-0.2, 0) is 7.05 Å². The van der Waals surface area contributed by atoms with Crippen molar-refractivity contribution in [3.8, 4) is 0 Å². The zero-order valence-corrected chi connectivity index (χ0v) is 14.4. The van der Waals surface area contributed by atoms with E-state index in [-0.39, 0.29) is 6.04 Å². The van der Waals surface area contributed by atoms with E-state index < -0.39 is 0 Å². The van der Waals surface area contributed by atoms with Crippen molar-refractivity contribution >= 4 is 50.1 Å². The lowest BCUT2D eigenvalue weighted by Crippen LogP contribution is -2.22.